The molecule has 27 heavy (non-hydrogen) atoms. The fraction of sp³-hybridized carbons (Fsp3) is 0.333. The molecule has 0 heterocycles. The third-order valence-corrected chi connectivity index (χ3v) is 5.36. The Morgan fingerprint density at radius 2 is 1.70 bits per heavy atom. The third-order valence-electron chi connectivity index (χ3n) is 4.22. The van der Waals surface area contributed by atoms with E-state index in [1.54, 1.807) is 6.92 Å². The molecular formula is C21H25FN2O2S. The summed E-state index contributed by atoms with van der Waals surface area (Å²) in [6.07, 6.45) is 0. The molecule has 0 saturated heterocycles. The summed E-state index contributed by atoms with van der Waals surface area (Å²) in [5.74, 6) is -0.533. The summed E-state index contributed by atoms with van der Waals surface area (Å²) < 4.78 is 12.9. The highest BCUT2D eigenvalue weighted by molar-refractivity contribution is 8.01. The van der Waals surface area contributed by atoms with Gasteiger partial charge in [0.05, 0.1) is 11.0 Å². The molecule has 1 unspecified atom stereocenters. The van der Waals surface area contributed by atoms with Crippen molar-refractivity contribution in [3.63, 3.8) is 0 Å². The number of hydrogen-bond donors (Lipinski definition) is 2. The maximum absolute atomic E-state index is 12.9. The second-order valence-electron chi connectivity index (χ2n) is 6.98. The van der Waals surface area contributed by atoms with E-state index in [0.29, 0.717) is 12.2 Å². The molecule has 0 bridgehead atoms. The van der Waals surface area contributed by atoms with Crippen LogP contribution in [0.3, 0.4) is 0 Å². The Labute approximate surface area is 163 Å². The van der Waals surface area contributed by atoms with Crippen molar-refractivity contribution in [3.8, 4) is 0 Å². The second-order valence-corrected chi connectivity index (χ2v) is 8.31. The molecule has 0 aliphatic rings. The van der Waals surface area contributed by atoms with Crippen LogP contribution in [-0.4, -0.2) is 29.4 Å². The number of hydrogen-bond acceptors (Lipinski definition) is 3. The van der Waals surface area contributed by atoms with Gasteiger partial charge in [0.2, 0.25) is 11.8 Å². The quantitative estimate of drug-likeness (QED) is 0.719. The lowest BCUT2D eigenvalue weighted by Gasteiger charge is -2.26. The van der Waals surface area contributed by atoms with Gasteiger partial charge in [-0.05, 0) is 36.8 Å². The molecule has 2 amide bonds. The van der Waals surface area contributed by atoms with E-state index in [4.69, 9.17) is 0 Å². The first-order chi connectivity index (χ1) is 12.8. The molecule has 0 aromatic heterocycles. The summed E-state index contributed by atoms with van der Waals surface area (Å²) in [5.41, 5.74) is 1.51. The number of amides is 2. The van der Waals surface area contributed by atoms with Crippen molar-refractivity contribution >= 4 is 29.3 Å². The maximum atomic E-state index is 12.9. The third kappa shape index (κ3) is 6.71. The zero-order chi connectivity index (χ0) is 19.9. The number of rotatable bonds is 8. The predicted octanol–water partition coefficient (Wildman–Crippen LogP) is 3.98. The molecule has 2 N–H and O–H groups in total. The first-order valence-corrected chi connectivity index (χ1v) is 9.83. The Balaban J connectivity index is 1.76. The van der Waals surface area contributed by atoms with Crippen LogP contribution >= 0.6 is 11.8 Å². The van der Waals surface area contributed by atoms with Crippen LogP contribution in [0.2, 0.25) is 0 Å². The number of carbonyl (C=O) groups excluding carboxylic acids is 2. The maximum Gasteiger partial charge on any atom is 0.234 e. The molecular weight excluding hydrogens is 363 g/mol. The van der Waals surface area contributed by atoms with E-state index in [2.05, 4.69) is 24.5 Å². The van der Waals surface area contributed by atoms with E-state index in [1.807, 2.05) is 30.3 Å². The van der Waals surface area contributed by atoms with Gasteiger partial charge in [-0.1, -0.05) is 44.2 Å². The van der Waals surface area contributed by atoms with E-state index >= 15 is 0 Å². The van der Waals surface area contributed by atoms with Crippen LogP contribution < -0.4 is 10.6 Å². The van der Waals surface area contributed by atoms with Crippen molar-refractivity contribution in [3.05, 3.63) is 66.0 Å². The molecule has 4 nitrogen and oxygen atoms in total. The molecule has 1 atom stereocenters. The fourth-order valence-electron chi connectivity index (χ4n) is 2.45. The first-order valence-electron chi connectivity index (χ1n) is 8.78. The highest BCUT2D eigenvalue weighted by atomic mass is 32.2. The molecule has 0 fully saturated rings. The summed E-state index contributed by atoms with van der Waals surface area (Å²) in [4.78, 5) is 24.3. The Morgan fingerprint density at radius 1 is 1.07 bits per heavy atom. The largest absolute Gasteiger partial charge is 0.354 e. The van der Waals surface area contributed by atoms with Gasteiger partial charge >= 0.3 is 0 Å². The molecule has 6 heteroatoms. The topological polar surface area (TPSA) is 58.2 Å². The summed E-state index contributed by atoms with van der Waals surface area (Å²) in [7, 11) is 0. The lowest BCUT2D eigenvalue weighted by Crippen LogP contribution is -2.40. The van der Waals surface area contributed by atoms with Gasteiger partial charge in [0, 0.05) is 17.6 Å². The normalized spacial score (nSPS) is 12.3. The lowest BCUT2D eigenvalue weighted by molar-refractivity contribution is -0.120. The number of nitrogens with one attached hydrogen (secondary N) is 2. The van der Waals surface area contributed by atoms with Crippen LogP contribution in [0, 0.1) is 5.82 Å². The van der Waals surface area contributed by atoms with Crippen molar-refractivity contribution in [2.45, 2.75) is 31.4 Å². The van der Waals surface area contributed by atoms with Crippen molar-refractivity contribution in [2.24, 2.45) is 0 Å². The highest BCUT2D eigenvalue weighted by Crippen LogP contribution is 2.22. The van der Waals surface area contributed by atoms with Gasteiger partial charge in [-0.3, -0.25) is 9.59 Å². The Kier molecular flexibility index (Phi) is 7.42. The first kappa shape index (κ1) is 21.0. The number of carbonyl (C=O) groups is 2. The number of benzene rings is 2. The van der Waals surface area contributed by atoms with Crippen molar-refractivity contribution in [1.82, 2.24) is 5.32 Å². The summed E-state index contributed by atoms with van der Waals surface area (Å²) >= 11 is 1.26. The highest BCUT2D eigenvalue weighted by Gasteiger charge is 2.23. The minimum Gasteiger partial charge on any atom is -0.354 e. The Hall–Kier alpha value is -2.34. The van der Waals surface area contributed by atoms with Crippen LogP contribution in [0.25, 0.3) is 0 Å². The van der Waals surface area contributed by atoms with Crippen LogP contribution in [0.1, 0.15) is 26.3 Å². The van der Waals surface area contributed by atoms with Gasteiger partial charge in [0.15, 0.2) is 0 Å². The average Bonchev–Trinajstić information content (AvgIpc) is 2.66. The van der Waals surface area contributed by atoms with Crippen molar-refractivity contribution in [1.29, 1.82) is 0 Å². The van der Waals surface area contributed by atoms with Crippen molar-refractivity contribution < 1.29 is 14.0 Å². The molecule has 0 aliphatic heterocycles. The molecule has 2 rings (SSSR count). The van der Waals surface area contributed by atoms with E-state index in [0.717, 1.165) is 5.56 Å². The standard InChI is InChI=1S/C21H25FN2O2S/c1-15(27-13-19(25)24-18-11-9-17(22)10-12-18)20(26)23-14-21(2,3)16-7-5-4-6-8-16/h4-12,15H,13-14H2,1-3H3,(H,23,26)(H,24,25). The molecule has 2 aromatic rings. The number of anilines is 1. The predicted molar refractivity (Wildman–Crippen MR) is 109 cm³/mol. The Bertz CT molecular complexity index is 764. The monoisotopic (exact) mass is 388 g/mol. The van der Waals surface area contributed by atoms with Crippen LogP contribution in [0.5, 0.6) is 0 Å². The van der Waals surface area contributed by atoms with E-state index < -0.39 is 0 Å². The van der Waals surface area contributed by atoms with Gasteiger partial charge in [-0.25, -0.2) is 4.39 Å². The molecule has 0 saturated carbocycles. The van der Waals surface area contributed by atoms with E-state index in [1.165, 1.54) is 36.0 Å². The molecule has 0 aliphatic carbocycles. The zero-order valence-electron chi connectivity index (χ0n) is 15.8. The number of halogens is 1. The SMILES string of the molecule is CC(SCC(=O)Nc1ccc(F)cc1)C(=O)NCC(C)(C)c1ccccc1. The molecule has 144 valence electrons. The minimum atomic E-state index is -0.355. The van der Waals surface area contributed by atoms with E-state index in [-0.39, 0.29) is 34.0 Å². The molecule has 0 radical (unpaired) electrons. The van der Waals surface area contributed by atoms with Gasteiger partial charge in [0.1, 0.15) is 5.82 Å². The minimum absolute atomic E-state index is 0.0985. The van der Waals surface area contributed by atoms with Crippen molar-refractivity contribution in [2.75, 3.05) is 17.6 Å². The molecule has 2 aromatic carbocycles. The summed E-state index contributed by atoms with van der Waals surface area (Å²) in [5, 5.41) is 5.30. The Morgan fingerprint density at radius 3 is 2.33 bits per heavy atom. The second kappa shape index (κ2) is 9.55. The van der Waals surface area contributed by atoms with Crippen LogP contribution in [-0.2, 0) is 15.0 Å². The van der Waals surface area contributed by atoms with Gasteiger partial charge < -0.3 is 10.6 Å². The van der Waals surface area contributed by atoms with E-state index in [9.17, 15) is 14.0 Å². The number of thioether (sulfide) groups is 1. The van der Waals surface area contributed by atoms with Crippen LogP contribution in [0.4, 0.5) is 10.1 Å². The fourth-order valence-corrected chi connectivity index (χ4v) is 3.16. The van der Waals surface area contributed by atoms with Gasteiger partial charge in [-0.2, -0.15) is 0 Å². The molecule has 0 spiro atoms. The lowest BCUT2D eigenvalue weighted by atomic mass is 9.84. The smallest absolute Gasteiger partial charge is 0.234 e. The zero-order valence-corrected chi connectivity index (χ0v) is 16.6. The average molecular weight is 389 g/mol. The van der Waals surface area contributed by atoms with Gasteiger partial charge in [-0.15, -0.1) is 11.8 Å². The van der Waals surface area contributed by atoms with Gasteiger partial charge in [0.25, 0.3) is 0 Å². The summed E-state index contributed by atoms with van der Waals surface area (Å²) in [6, 6.07) is 15.6. The van der Waals surface area contributed by atoms with Crippen LogP contribution in [0.15, 0.2) is 54.6 Å². The summed E-state index contributed by atoms with van der Waals surface area (Å²) in [6.45, 7) is 6.45.